The first-order valence-corrected chi connectivity index (χ1v) is 7.92. The van der Waals surface area contributed by atoms with Crippen molar-refractivity contribution in [3.8, 4) is 17.2 Å². The minimum Gasteiger partial charge on any atom is -0.507 e. The smallest absolute Gasteiger partial charge is 0.154 e. The molecule has 0 saturated heterocycles. The first-order chi connectivity index (χ1) is 9.56. The Morgan fingerprint density at radius 1 is 1.25 bits per heavy atom. The van der Waals surface area contributed by atoms with Crippen molar-refractivity contribution in [2.24, 2.45) is 0 Å². The van der Waals surface area contributed by atoms with Gasteiger partial charge < -0.3 is 14.8 Å². The van der Waals surface area contributed by atoms with Gasteiger partial charge in [-0.3, -0.25) is 0 Å². The molecule has 2 aromatic carbocycles. The molecule has 0 aliphatic carbocycles. The maximum absolute atomic E-state index is 9.53. The molecular formula is C14H8BrClINO2. The number of ether oxygens (including phenoxy) is 1. The number of nitrogens with one attached hydrogen (secondary N) is 1. The molecule has 0 saturated carbocycles. The second-order valence-electron chi connectivity index (χ2n) is 4.15. The number of hydrogen-bond acceptors (Lipinski definition) is 2. The highest BCUT2D eigenvalue weighted by molar-refractivity contribution is 14.1. The Bertz CT molecular complexity index is 803. The van der Waals surface area contributed by atoms with Gasteiger partial charge in [0.1, 0.15) is 11.5 Å². The monoisotopic (exact) mass is 463 g/mol. The summed E-state index contributed by atoms with van der Waals surface area (Å²) in [6.07, 6.45) is 1.77. The van der Waals surface area contributed by atoms with Crippen LogP contribution in [-0.4, -0.2) is 10.1 Å². The van der Waals surface area contributed by atoms with Crippen LogP contribution in [0.25, 0.3) is 10.9 Å². The van der Waals surface area contributed by atoms with Gasteiger partial charge >= 0.3 is 0 Å². The zero-order valence-corrected chi connectivity index (χ0v) is 14.5. The summed E-state index contributed by atoms with van der Waals surface area (Å²) in [7, 11) is 0. The Kier molecular flexibility index (Phi) is 3.83. The number of H-pyrrole nitrogens is 1. The lowest BCUT2D eigenvalue weighted by Gasteiger charge is -2.07. The molecule has 3 rings (SSSR count). The minimum absolute atomic E-state index is 0.234. The molecule has 0 aliphatic heterocycles. The molecule has 3 nitrogen and oxygen atoms in total. The summed E-state index contributed by atoms with van der Waals surface area (Å²) in [6.45, 7) is 0. The SMILES string of the molecule is Oc1ccc(Oc2c[nH]c3ccc(Br)c(Cl)c23)cc1I. The molecule has 1 heterocycles. The molecule has 0 unspecified atom stereocenters. The first-order valence-electron chi connectivity index (χ1n) is 5.67. The molecule has 0 amide bonds. The van der Waals surface area contributed by atoms with Crippen LogP contribution < -0.4 is 4.74 Å². The van der Waals surface area contributed by atoms with Crippen molar-refractivity contribution in [3.63, 3.8) is 0 Å². The van der Waals surface area contributed by atoms with Gasteiger partial charge in [-0.15, -0.1) is 0 Å². The predicted molar refractivity (Wildman–Crippen MR) is 91.9 cm³/mol. The fourth-order valence-electron chi connectivity index (χ4n) is 1.89. The number of aromatic hydroxyl groups is 1. The predicted octanol–water partition coefficient (Wildman–Crippen LogP) is 5.69. The van der Waals surface area contributed by atoms with Gasteiger partial charge in [0.25, 0.3) is 0 Å². The van der Waals surface area contributed by atoms with Gasteiger partial charge in [-0.2, -0.15) is 0 Å². The molecule has 0 bridgehead atoms. The molecule has 20 heavy (non-hydrogen) atoms. The lowest BCUT2D eigenvalue weighted by Crippen LogP contribution is -1.84. The zero-order chi connectivity index (χ0) is 14.3. The normalized spacial score (nSPS) is 10.9. The molecule has 0 aliphatic rings. The van der Waals surface area contributed by atoms with Crippen LogP contribution in [0, 0.1) is 3.57 Å². The van der Waals surface area contributed by atoms with E-state index in [-0.39, 0.29) is 5.75 Å². The molecule has 3 aromatic rings. The number of aromatic nitrogens is 1. The Balaban J connectivity index is 2.06. The summed E-state index contributed by atoms with van der Waals surface area (Å²) in [5.41, 5.74) is 0.904. The van der Waals surface area contributed by atoms with Crippen molar-refractivity contribution < 1.29 is 9.84 Å². The molecular weight excluding hydrogens is 456 g/mol. The summed E-state index contributed by atoms with van der Waals surface area (Å²) in [6, 6.07) is 8.89. The standard InChI is InChI=1S/C14H8BrClINO2/c15-8-2-3-10-13(14(8)16)12(6-18-10)20-7-1-4-11(19)9(17)5-7/h1-6,18-19H. The van der Waals surface area contributed by atoms with Crippen LogP contribution in [0.4, 0.5) is 0 Å². The van der Waals surface area contributed by atoms with E-state index in [9.17, 15) is 5.11 Å². The van der Waals surface area contributed by atoms with E-state index in [2.05, 4.69) is 20.9 Å². The number of hydrogen-bond donors (Lipinski definition) is 2. The number of benzene rings is 2. The molecule has 0 spiro atoms. The fourth-order valence-corrected chi connectivity index (χ4v) is 2.96. The number of phenols is 1. The van der Waals surface area contributed by atoms with Gasteiger partial charge in [0.05, 0.1) is 19.5 Å². The van der Waals surface area contributed by atoms with E-state index >= 15 is 0 Å². The summed E-state index contributed by atoms with van der Waals surface area (Å²) in [4.78, 5) is 3.12. The van der Waals surface area contributed by atoms with Crippen molar-refractivity contribution in [3.05, 3.63) is 49.6 Å². The average molecular weight is 464 g/mol. The van der Waals surface area contributed by atoms with E-state index < -0.39 is 0 Å². The van der Waals surface area contributed by atoms with Crippen LogP contribution >= 0.6 is 50.1 Å². The lowest BCUT2D eigenvalue weighted by molar-refractivity contribution is 0.462. The average Bonchev–Trinajstić information content (AvgIpc) is 2.82. The van der Waals surface area contributed by atoms with E-state index in [0.29, 0.717) is 16.5 Å². The van der Waals surface area contributed by atoms with Crippen LogP contribution in [0.1, 0.15) is 0 Å². The van der Waals surface area contributed by atoms with Gasteiger partial charge in [0, 0.05) is 10.7 Å². The minimum atomic E-state index is 0.234. The Morgan fingerprint density at radius 3 is 2.80 bits per heavy atom. The lowest BCUT2D eigenvalue weighted by atomic mass is 10.2. The van der Waals surface area contributed by atoms with Crippen LogP contribution in [0.15, 0.2) is 41.0 Å². The van der Waals surface area contributed by atoms with E-state index in [1.54, 1.807) is 24.4 Å². The van der Waals surface area contributed by atoms with Crippen molar-refractivity contribution in [2.45, 2.75) is 0 Å². The highest BCUT2D eigenvalue weighted by atomic mass is 127. The van der Waals surface area contributed by atoms with E-state index in [1.165, 1.54) is 0 Å². The largest absolute Gasteiger partial charge is 0.507 e. The fraction of sp³-hybridized carbons (Fsp3) is 0. The topological polar surface area (TPSA) is 45.2 Å². The number of aromatic amines is 1. The van der Waals surface area contributed by atoms with Gasteiger partial charge in [0.15, 0.2) is 5.75 Å². The van der Waals surface area contributed by atoms with Crippen molar-refractivity contribution in [1.82, 2.24) is 4.98 Å². The van der Waals surface area contributed by atoms with E-state index in [4.69, 9.17) is 16.3 Å². The van der Waals surface area contributed by atoms with E-state index in [1.807, 2.05) is 34.7 Å². The summed E-state index contributed by atoms with van der Waals surface area (Å²) in [5.74, 6) is 1.52. The highest BCUT2D eigenvalue weighted by Crippen LogP contribution is 2.39. The molecule has 0 radical (unpaired) electrons. The maximum atomic E-state index is 9.53. The first kappa shape index (κ1) is 14.0. The van der Waals surface area contributed by atoms with Crippen LogP contribution in [0.2, 0.25) is 5.02 Å². The van der Waals surface area contributed by atoms with Crippen molar-refractivity contribution in [2.75, 3.05) is 0 Å². The molecule has 1 aromatic heterocycles. The van der Waals surface area contributed by atoms with Crippen molar-refractivity contribution >= 4 is 61.0 Å². The van der Waals surface area contributed by atoms with Gasteiger partial charge in [-0.05, 0) is 68.9 Å². The quantitative estimate of drug-likeness (QED) is 0.479. The summed E-state index contributed by atoms with van der Waals surface area (Å²) >= 11 is 11.8. The van der Waals surface area contributed by atoms with Gasteiger partial charge in [-0.25, -0.2) is 0 Å². The third kappa shape index (κ3) is 2.49. The molecule has 0 fully saturated rings. The third-order valence-electron chi connectivity index (χ3n) is 2.85. The third-order valence-corrected chi connectivity index (χ3v) is 4.99. The number of rotatable bonds is 2. The zero-order valence-electron chi connectivity index (χ0n) is 9.95. The van der Waals surface area contributed by atoms with Gasteiger partial charge in [0.2, 0.25) is 0 Å². The van der Waals surface area contributed by atoms with Crippen LogP contribution in [0.3, 0.4) is 0 Å². The Labute approximate surface area is 142 Å². The molecule has 102 valence electrons. The van der Waals surface area contributed by atoms with Gasteiger partial charge in [-0.1, -0.05) is 11.6 Å². The molecule has 6 heteroatoms. The number of halogens is 3. The second-order valence-corrected chi connectivity index (χ2v) is 6.55. The van der Waals surface area contributed by atoms with Crippen molar-refractivity contribution in [1.29, 1.82) is 0 Å². The second kappa shape index (κ2) is 5.46. The highest BCUT2D eigenvalue weighted by Gasteiger charge is 2.12. The summed E-state index contributed by atoms with van der Waals surface area (Å²) in [5, 5.41) is 11.0. The molecule has 2 N–H and O–H groups in total. The maximum Gasteiger partial charge on any atom is 0.154 e. The van der Waals surface area contributed by atoms with Crippen LogP contribution in [0.5, 0.6) is 17.2 Å². The molecule has 0 atom stereocenters. The number of fused-ring (bicyclic) bond motifs is 1. The van der Waals surface area contributed by atoms with E-state index in [0.717, 1.165) is 18.9 Å². The number of phenolic OH excluding ortho intramolecular Hbond substituents is 1. The Morgan fingerprint density at radius 2 is 2.05 bits per heavy atom. The van der Waals surface area contributed by atoms with Crippen LogP contribution in [-0.2, 0) is 0 Å². The Hall–Kier alpha value is -0.920. The summed E-state index contributed by atoms with van der Waals surface area (Å²) < 4.78 is 7.40.